The molecule has 1 fully saturated rings. The third-order valence-corrected chi connectivity index (χ3v) is 4.60. The molecular weight excluding hydrogens is 302 g/mol. The summed E-state index contributed by atoms with van der Waals surface area (Å²) in [7, 11) is 1.71. The molecule has 6 heteroatoms. The molecule has 1 saturated heterocycles. The van der Waals surface area contributed by atoms with E-state index >= 15 is 0 Å². The molecule has 24 heavy (non-hydrogen) atoms. The first-order valence-electron chi connectivity index (χ1n) is 8.38. The zero-order valence-electron chi connectivity index (χ0n) is 13.8. The van der Waals surface area contributed by atoms with Crippen LogP contribution in [0.1, 0.15) is 36.7 Å². The number of hydrogen-bond donors (Lipinski definition) is 0. The number of piperidine rings is 1. The van der Waals surface area contributed by atoms with E-state index in [-0.39, 0.29) is 0 Å². The second kappa shape index (κ2) is 6.57. The molecule has 1 unspecified atom stereocenters. The Hall–Kier alpha value is -2.47. The first kappa shape index (κ1) is 15.1. The van der Waals surface area contributed by atoms with Crippen LogP contribution in [0.4, 0.5) is 0 Å². The molecule has 0 radical (unpaired) electrons. The molecule has 0 bridgehead atoms. The summed E-state index contributed by atoms with van der Waals surface area (Å²) in [5.41, 5.74) is 1.30. The van der Waals surface area contributed by atoms with E-state index in [4.69, 9.17) is 4.74 Å². The van der Waals surface area contributed by atoms with Crippen molar-refractivity contribution in [2.24, 2.45) is 0 Å². The third kappa shape index (κ3) is 2.97. The second-order valence-electron chi connectivity index (χ2n) is 6.15. The van der Waals surface area contributed by atoms with Gasteiger partial charge in [-0.3, -0.25) is 4.90 Å². The number of benzene rings is 1. The van der Waals surface area contributed by atoms with Crippen LogP contribution in [0.3, 0.4) is 0 Å². The van der Waals surface area contributed by atoms with E-state index in [2.05, 4.69) is 38.2 Å². The minimum absolute atomic E-state index is 0.383. The molecule has 0 spiro atoms. The maximum Gasteiger partial charge on any atom is 0.252 e. The second-order valence-corrected chi connectivity index (χ2v) is 6.15. The third-order valence-electron chi connectivity index (χ3n) is 4.60. The van der Waals surface area contributed by atoms with Gasteiger partial charge in [0, 0.05) is 18.4 Å². The number of methoxy groups -OCH3 is 1. The number of likely N-dealkylation sites (tertiary alicyclic amines) is 1. The van der Waals surface area contributed by atoms with Crippen molar-refractivity contribution in [1.29, 1.82) is 0 Å². The molecule has 0 amide bonds. The highest BCUT2D eigenvalue weighted by Crippen LogP contribution is 2.33. The van der Waals surface area contributed by atoms with Crippen molar-refractivity contribution in [2.75, 3.05) is 13.7 Å². The van der Waals surface area contributed by atoms with Crippen molar-refractivity contribution in [3.8, 4) is 5.75 Å². The summed E-state index contributed by atoms with van der Waals surface area (Å²) in [6.07, 6.45) is 7.24. The maximum absolute atomic E-state index is 5.38. The molecule has 6 nitrogen and oxygen atoms in total. The van der Waals surface area contributed by atoms with E-state index in [0.717, 1.165) is 31.1 Å². The number of aromatic nitrogens is 4. The van der Waals surface area contributed by atoms with Gasteiger partial charge in [-0.2, -0.15) is 4.98 Å². The minimum Gasteiger partial charge on any atom is -0.497 e. The van der Waals surface area contributed by atoms with Gasteiger partial charge in [-0.1, -0.05) is 18.6 Å². The fraction of sp³-hybridized carbons (Fsp3) is 0.389. The van der Waals surface area contributed by atoms with Crippen molar-refractivity contribution >= 4 is 5.78 Å². The van der Waals surface area contributed by atoms with Crippen molar-refractivity contribution in [3.05, 3.63) is 54.1 Å². The van der Waals surface area contributed by atoms with Crippen molar-refractivity contribution < 1.29 is 4.74 Å². The Morgan fingerprint density at radius 1 is 1.25 bits per heavy atom. The van der Waals surface area contributed by atoms with Crippen LogP contribution < -0.4 is 4.74 Å². The van der Waals surface area contributed by atoms with Gasteiger partial charge in [0.2, 0.25) is 0 Å². The summed E-state index contributed by atoms with van der Waals surface area (Å²) >= 11 is 0. The normalized spacial score (nSPS) is 18.8. The Kier molecular flexibility index (Phi) is 4.13. The van der Waals surface area contributed by atoms with Crippen molar-refractivity contribution in [2.45, 2.75) is 31.8 Å². The van der Waals surface area contributed by atoms with Crippen LogP contribution >= 0.6 is 0 Å². The minimum atomic E-state index is 0.383. The van der Waals surface area contributed by atoms with Gasteiger partial charge in [-0.15, -0.1) is 5.10 Å². The molecule has 4 rings (SSSR count). The maximum atomic E-state index is 5.38. The van der Waals surface area contributed by atoms with Gasteiger partial charge in [-0.25, -0.2) is 9.50 Å². The summed E-state index contributed by atoms with van der Waals surface area (Å²) in [4.78, 5) is 11.3. The van der Waals surface area contributed by atoms with Crippen LogP contribution in [-0.4, -0.2) is 38.1 Å². The molecule has 124 valence electrons. The molecule has 1 aromatic carbocycles. The Labute approximate surface area is 141 Å². The molecule has 1 aliphatic rings. The van der Waals surface area contributed by atoms with Crippen molar-refractivity contribution in [3.63, 3.8) is 0 Å². The molecular formula is C18H21N5O. The highest BCUT2D eigenvalue weighted by molar-refractivity contribution is 5.31. The van der Waals surface area contributed by atoms with Crippen LogP contribution in [0.5, 0.6) is 5.75 Å². The first-order valence-corrected chi connectivity index (χ1v) is 8.38. The topological polar surface area (TPSA) is 55.5 Å². The average molecular weight is 323 g/mol. The van der Waals surface area contributed by atoms with Crippen LogP contribution in [0.2, 0.25) is 0 Å². The van der Waals surface area contributed by atoms with E-state index in [0.29, 0.717) is 11.8 Å². The molecule has 2 aromatic heterocycles. The lowest BCUT2D eigenvalue weighted by Gasteiger charge is -2.35. The van der Waals surface area contributed by atoms with Gasteiger partial charge in [0.1, 0.15) is 5.75 Å². The van der Waals surface area contributed by atoms with E-state index in [1.54, 1.807) is 17.8 Å². The highest BCUT2D eigenvalue weighted by atomic mass is 16.5. The molecule has 1 atom stereocenters. The number of fused-ring (bicyclic) bond motifs is 1. The average Bonchev–Trinajstić information content (AvgIpc) is 3.04. The van der Waals surface area contributed by atoms with Crippen LogP contribution in [0.15, 0.2) is 42.7 Å². The summed E-state index contributed by atoms with van der Waals surface area (Å²) in [5, 5.41) is 4.55. The van der Waals surface area contributed by atoms with Crippen LogP contribution in [0.25, 0.3) is 5.78 Å². The Balaban J connectivity index is 1.59. The molecule has 3 heterocycles. The smallest absolute Gasteiger partial charge is 0.252 e. The monoisotopic (exact) mass is 323 g/mol. The standard InChI is InChI=1S/C18H21N5O/c1-24-15-7-4-6-14(12-15)16-8-2-3-10-22(16)13-17-20-18-19-9-5-11-23(18)21-17/h4-7,9,11-12,16H,2-3,8,10,13H2,1H3. The predicted octanol–water partition coefficient (Wildman–Crippen LogP) is 2.86. The lowest BCUT2D eigenvalue weighted by molar-refractivity contribution is 0.136. The quantitative estimate of drug-likeness (QED) is 0.739. The summed E-state index contributed by atoms with van der Waals surface area (Å²) in [6, 6.07) is 10.6. The van der Waals surface area contributed by atoms with E-state index in [9.17, 15) is 0 Å². The Bertz CT molecular complexity index is 798. The molecule has 0 N–H and O–H groups in total. The number of nitrogens with zero attached hydrogens (tertiary/aromatic N) is 5. The summed E-state index contributed by atoms with van der Waals surface area (Å²) in [6.45, 7) is 1.80. The predicted molar refractivity (Wildman–Crippen MR) is 90.8 cm³/mol. The number of hydrogen-bond acceptors (Lipinski definition) is 5. The zero-order chi connectivity index (χ0) is 16.4. The van der Waals surface area contributed by atoms with Gasteiger partial charge < -0.3 is 4.74 Å². The van der Waals surface area contributed by atoms with Gasteiger partial charge in [0.25, 0.3) is 5.78 Å². The molecule has 3 aromatic rings. The zero-order valence-corrected chi connectivity index (χ0v) is 13.8. The van der Waals surface area contributed by atoms with Crippen LogP contribution in [-0.2, 0) is 6.54 Å². The van der Waals surface area contributed by atoms with Gasteiger partial charge >= 0.3 is 0 Å². The summed E-state index contributed by atoms with van der Waals surface area (Å²) < 4.78 is 7.12. The lowest BCUT2D eigenvalue weighted by Crippen LogP contribution is -2.33. The van der Waals surface area contributed by atoms with Gasteiger partial charge in [0.05, 0.1) is 13.7 Å². The molecule has 0 aliphatic carbocycles. The highest BCUT2D eigenvalue weighted by Gasteiger charge is 2.25. The lowest BCUT2D eigenvalue weighted by atomic mass is 9.95. The Morgan fingerprint density at radius 2 is 2.21 bits per heavy atom. The van der Waals surface area contributed by atoms with Gasteiger partial charge in [0.15, 0.2) is 5.82 Å². The summed E-state index contributed by atoms with van der Waals surface area (Å²) in [5.74, 6) is 2.39. The van der Waals surface area contributed by atoms with E-state index in [1.807, 2.05) is 18.3 Å². The fourth-order valence-corrected chi connectivity index (χ4v) is 3.43. The van der Waals surface area contributed by atoms with E-state index < -0.39 is 0 Å². The van der Waals surface area contributed by atoms with Crippen molar-refractivity contribution in [1.82, 2.24) is 24.5 Å². The largest absolute Gasteiger partial charge is 0.497 e. The molecule has 0 saturated carbocycles. The fourth-order valence-electron chi connectivity index (χ4n) is 3.43. The molecule has 1 aliphatic heterocycles. The van der Waals surface area contributed by atoms with Crippen LogP contribution in [0, 0.1) is 0 Å². The Morgan fingerprint density at radius 3 is 3.08 bits per heavy atom. The first-order chi connectivity index (χ1) is 11.8. The number of ether oxygens (including phenoxy) is 1. The van der Waals surface area contributed by atoms with Gasteiger partial charge in [-0.05, 0) is 43.1 Å². The number of rotatable bonds is 4. The van der Waals surface area contributed by atoms with E-state index in [1.165, 1.54) is 18.4 Å². The SMILES string of the molecule is COc1cccc(C2CCCCN2Cc2nc3ncccn3n2)c1.